The van der Waals surface area contributed by atoms with Crippen molar-refractivity contribution in [3.8, 4) is 16.9 Å². The molecule has 0 spiro atoms. The maximum absolute atomic E-state index is 13.9. The molecular formula is C18H21FN2O2. The first-order chi connectivity index (χ1) is 11.1. The lowest BCUT2D eigenvalue weighted by atomic mass is 10.1. The van der Waals surface area contributed by atoms with Crippen LogP contribution in [0.3, 0.4) is 0 Å². The van der Waals surface area contributed by atoms with Crippen LogP contribution in [0.4, 0.5) is 4.39 Å². The molecule has 0 radical (unpaired) electrons. The molecule has 0 atom stereocenters. The first-order valence-electron chi connectivity index (χ1n) is 7.95. The van der Waals surface area contributed by atoms with Crippen molar-refractivity contribution in [3.05, 3.63) is 52.7 Å². The summed E-state index contributed by atoms with van der Waals surface area (Å²) in [5.41, 5.74) is 1.40. The molecule has 0 N–H and O–H groups in total. The molecule has 1 aliphatic rings. The summed E-state index contributed by atoms with van der Waals surface area (Å²) >= 11 is 0. The fourth-order valence-corrected chi connectivity index (χ4v) is 2.88. The summed E-state index contributed by atoms with van der Waals surface area (Å²) in [5, 5.41) is 0. The van der Waals surface area contributed by atoms with Gasteiger partial charge in [0, 0.05) is 31.9 Å². The average molecular weight is 316 g/mol. The lowest BCUT2D eigenvalue weighted by molar-refractivity contribution is 0.237. The Kier molecular flexibility index (Phi) is 4.76. The average Bonchev–Trinajstić information content (AvgIpc) is 3.03. The summed E-state index contributed by atoms with van der Waals surface area (Å²) < 4.78 is 21.1. The topological polar surface area (TPSA) is 34.5 Å². The summed E-state index contributed by atoms with van der Waals surface area (Å²) in [6.45, 7) is 3.66. The third-order valence-corrected chi connectivity index (χ3v) is 4.17. The van der Waals surface area contributed by atoms with Crippen molar-refractivity contribution in [1.82, 2.24) is 9.47 Å². The van der Waals surface area contributed by atoms with Crippen molar-refractivity contribution in [3.63, 3.8) is 0 Å². The normalized spacial score (nSPS) is 15.0. The van der Waals surface area contributed by atoms with Crippen LogP contribution >= 0.6 is 0 Å². The van der Waals surface area contributed by atoms with E-state index in [0.29, 0.717) is 17.9 Å². The largest absolute Gasteiger partial charge is 0.492 e. The van der Waals surface area contributed by atoms with E-state index < -0.39 is 0 Å². The van der Waals surface area contributed by atoms with E-state index in [2.05, 4.69) is 4.90 Å². The number of benzene rings is 1. The van der Waals surface area contributed by atoms with Crippen molar-refractivity contribution in [2.75, 3.05) is 26.2 Å². The van der Waals surface area contributed by atoms with Gasteiger partial charge in [-0.3, -0.25) is 9.69 Å². The Labute approximate surface area is 135 Å². The van der Waals surface area contributed by atoms with E-state index in [1.54, 1.807) is 19.3 Å². The molecule has 0 amide bonds. The van der Waals surface area contributed by atoms with Crippen LogP contribution in [-0.2, 0) is 7.05 Å². The molecule has 2 heterocycles. The highest BCUT2D eigenvalue weighted by Crippen LogP contribution is 2.25. The van der Waals surface area contributed by atoms with Crippen LogP contribution < -0.4 is 10.3 Å². The minimum Gasteiger partial charge on any atom is -0.492 e. The fourth-order valence-electron chi connectivity index (χ4n) is 2.88. The molecular weight excluding hydrogens is 295 g/mol. The molecule has 5 heteroatoms. The number of aromatic nitrogens is 1. The summed E-state index contributed by atoms with van der Waals surface area (Å²) in [4.78, 5) is 13.8. The Morgan fingerprint density at radius 3 is 2.65 bits per heavy atom. The van der Waals surface area contributed by atoms with Gasteiger partial charge in [0.2, 0.25) is 5.56 Å². The van der Waals surface area contributed by atoms with Gasteiger partial charge in [-0.15, -0.1) is 0 Å². The zero-order valence-corrected chi connectivity index (χ0v) is 13.3. The van der Waals surface area contributed by atoms with Gasteiger partial charge >= 0.3 is 0 Å². The highest BCUT2D eigenvalue weighted by atomic mass is 19.1. The van der Waals surface area contributed by atoms with Gasteiger partial charge in [-0.2, -0.15) is 0 Å². The van der Waals surface area contributed by atoms with E-state index >= 15 is 0 Å². The quantitative estimate of drug-likeness (QED) is 0.850. The van der Waals surface area contributed by atoms with Crippen molar-refractivity contribution >= 4 is 0 Å². The summed E-state index contributed by atoms with van der Waals surface area (Å²) in [6, 6.07) is 7.84. The lowest BCUT2D eigenvalue weighted by Gasteiger charge is -2.15. The molecule has 1 fully saturated rings. The molecule has 122 valence electrons. The van der Waals surface area contributed by atoms with Crippen molar-refractivity contribution in [2.45, 2.75) is 12.8 Å². The fraction of sp³-hybridized carbons (Fsp3) is 0.389. The lowest BCUT2D eigenvalue weighted by Crippen LogP contribution is -2.25. The molecule has 2 aromatic rings. The highest BCUT2D eigenvalue weighted by Gasteiger charge is 2.11. The molecule has 1 aliphatic heterocycles. The molecule has 23 heavy (non-hydrogen) atoms. The van der Waals surface area contributed by atoms with E-state index in [0.717, 1.165) is 25.2 Å². The number of aryl methyl sites for hydroxylation is 1. The number of hydrogen-bond donors (Lipinski definition) is 0. The zero-order chi connectivity index (χ0) is 16.2. The van der Waals surface area contributed by atoms with E-state index in [9.17, 15) is 9.18 Å². The predicted octanol–water partition coefficient (Wildman–Crippen LogP) is 2.67. The molecule has 0 saturated carbocycles. The van der Waals surface area contributed by atoms with Gasteiger partial charge in [0.25, 0.3) is 0 Å². The van der Waals surface area contributed by atoms with Gasteiger partial charge in [0.1, 0.15) is 18.2 Å². The van der Waals surface area contributed by atoms with E-state index in [1.165, 1.54) is 35.6 Å². The summed E-state index contributed by atoms with van der Waals surface area (Å²) in [7, 11) is 1.68. The van der Waals surface area contributed by atoms with Gasteiger partial charge < -0.3 is 9.30 Å². The zero-order valence-electron chi connectivity index (χ0n) is 13.3. The van der Waals surface area contributed by atoms with E-state index in [1.807, 2.05) is 6.07 Å². The Hall–Kier alpha value is -2.14. The van der Waals surface area contributed by atoms with Gasteiger partial charge in [-0.1, -0.05) is 0 Å². The van der Waals surface area contributed by atoms with Crippen LogP contribution in [0.2, 0.25) is 0 Å². The monoisotopic (exact) mass is 316 g/mol. The van der Waals surface area contributed by atoms with Gasteiger partial charge in [0.15, 0.2) is 0 Å². The maximum Gasteiger partial charge on any atom is 0.250 e. The number of rotatable bonds is 5. The summed E-state index contributed by atoms with van der Waals surface area (Å²) in [6.07, 6.45) is 4.19. The minimum absolute atomic E-state index is 0.0905. The number of pyridine rings is 1. The van der Waals surface area contributed by atoms with Gasteiger partial charge in [-0.05, 0) is 55.3 Å². The Morgan fingerprint density at radius 1 is 1.13 bits per heavy atom. The van der Waals surface area contributed by atoms with Crippen LogP contribution in [0.15, 0.2) is 41.3 Å². The molecule has 0 aliphatic carbocycles. The first-order valence-corrected chi connectivity index (χ1v) is 7.95. The third-order valence-electron chi connectivity index (χ3n) is 4.17. The Morgan fingerprint density at radius 2 is 1.91 bits per heavy atom. The molecule has 0 bridgehead atoms. The first kappa shape index (κ1) is 15.7. The molecule has 1 saturated heterocycles. The standard InChI is InChI=1S/C18H21FN2O2/c1-20-13-14(4-5-18(20)22)15-10-16(19)12-17(11-15)23-9-8-21-6-2-3-7-21/h4-5,10-13H,2-3,6-9H2,1H3. The highest BCUT2D eigenvalue weighted by molar-refractivity contribution is 5.64. The molecule has 0 unspecified atom stereocenters. The van der Waals surface area contributed by atoms with E-state index in [-0.39, 0.29) is 11.4 Å². The number of likely N-dealkylation sites (tertiary alicyclic amines) is 1. The van der Waals surface area contributed by atoms with Crippen LogP contribution in [0.1, 0.15) is 12.8 Å². The number of nitrogens with zero attached hydrogens (tertiary/aromatic N) is 2. The van der Waals surface area contributed by atoms with Crippen LogP contribution in [0.5, 0.6) is 5.75 Å². The maximum atomic E-state index is 13.9. The molecule has 1 aromatic heterocycles. The molecule has 4 nitrogen and oxygen atoms in total. The number of halogens is 1. The second kappa shape index (κ2) is 6.96. The number of hydrogen-bond acceptors (Lipinski definition) is 3. The Bertz CT molecular complexity index is 736. The van der Waals surface area contributed by atoms with E-state index in [4.69, 9.17) is 4.74 Å². The van der Waals surface area contributed by atoms with Crippen LogP contribution in [-0.4, -0.2) is 35.7 Å². The minimum atomic E-state index is -0.340. The van der Waals surface area contributed by atoms with Gasteiger partial charge in [-0.25, -0.2) is 4.39 Å². The van der Waals surface area contributed by atoms with Crippen molar-refractivity contribution in [1.29, 1.82) is 0 Å². The van der Waals surface area contributed by atoms with Crippen LogP contribution in [0, 0.1) is 5.82 Å². The van der Waals surface area contributed by atoms with Crippen molar-refractivity contribution < 1.29 is 9.13 Å². The number of ether oxygens (including phenoxy) is 1. The predicted molar refractivity (Wildman–Crippen MR) is 88.2 cm³/mol. The van der Waals surface area contributed by atoms with Crippen LogP contribution in [0.25, 0.3) is 11.1 Å². The molecule has 3 rings (SSSR count). The summed E-state index contributed by atoms with van der Waals surface area (Å²) in [5.74, 6) is 0.181. The second-order valence-corrected chi connectivity index (χ2v) is 5.94. The Balaban J connectivity index is 1.72. The van der Waals surface area contributed by atoms with Crippen molar-refractivity contribution in [2.24, 2.45) is 7.05 Å². The second-order valence-electron chi connectivity index (χ2n) is 5.94. The van der Waals surface area contributed by atoms with Gasteiger partial charge in [0.05, 0.1) is 0 Å². The smallest absolute Gasteiger partial charge is 0.250 e. The third kappa shape index (κ3) is 3.99. The molecule has 1 aromatic carbocycles. The SMILES string of the molecule is Cn1cc(-c2cc(F)cc(OCCN3CCCC3)c2)ccc1=O.